The molecule has 0 amide bonds. The Morgan fingerprint density at radius 2 is 2.04 bits per heavy atom. The van der Waals surface area contributed by atoms with Crippen molar-refractivity contribution in [1.29, 1.82) is 0 Å². The van der Waals surface area contributed by atoms with E-state index in [2.05, 4.69) is 41.1 Å². The summed E-state index contributed by atoms with van der Waals surface area (Å²) in [6, 6.07) is 6.16. The molecular formula is C20H29N3O2. The van der Waals surface area contributed by atoms with Gasteiger partial charge in [0, 0.05) is 36.3 Å². The van der Waals surface area contributed by atoms with E-state index in [0.717, 1.165) is 68.3 Å². The zero-order valence-corrected chi connectivity index (χ0v) is 15.6. The van der Waals surface area contributed by atoms with Crippen LogP contribution >= 0.6 is 0 Å². The van der Waals surface area contributed by atoms with Gasteiger partial charge in [0.2, 0.25) is 0 Å². The lowest BCUT2D eigenvalue weighted by Gasteiger charge is -2.25. The van der Waals surface area contributed by atoms with Crippen LogP contribution in [0.25, 0.3) is 11.3 Å². The van der Waals surface area contributed by atoms with Gasteiger partial charge in [0.05, 0.1) is 18.9 Å². The van der Waals surface area contributed by atoms with Gasteiger partial charge in [-0.15, -0.1) is 0 Å². The van der Waals surface area contributed by atoms with Crippen molar-refractivity contribution < 1.29 is 9.47 Å². The first kappa shape index (κ1) is 17.8. The predicted molar refractivity (Wildman–Crippen MR) is 100 cm³/mol. The zero-order valence-electron chi connectivity index (χ0n) is 15.6. The predicted octanol–water partition coefficient (Wildman–Crippen LogP) is 4.03. The molecule has 1 aliphatic rings. The van der Waals surface area contributed by atoms with Crippen molar-refractivity contribution in [2.45, 2.75) is 46.6 Å². The first-order valence-electron chi connectivity index (χ1n) is 9.45. The number of aromatic amines is 1. The third-order valence-electron chi connectivity index (χ3n) is 4.73. The fourth-order valence-electron chi connectivity index (χ4n) is 3.23. The van der Waals surface area contributed by atoms with Crippen LogP contribution in [0.3, 0.4) is 0 Å². The molecule has 0 spiro atoms. The molecule has 25 heavy (non-hydrogen) atoms. The number of nitrogens with one attached hydrogen (secondary N) is 1. The fourth-order valence-corrected chi connectivity index (χ4v) is 3.23. The number of hydrogen-bond acceptors (Lipinski definition) is 4. The lowest BCUT2D eigenvalue weighted by atomic mass is 10.0. The standard InChI is InChI=1S/C20H29N3O2/c1-4-7-12-25-18-9-8-15(13-19(18)24-6-3)20-16-14-23(5-2)11-10-17(16)21-22-20/h8-9,13H,4-7,10-12,14H2,1-3H3,(H,21,22). The molecule has 136 valence electrons. The topological polar surface area (TPSA) is 50.4 Å². The maximum Gasteiger partial charge on any atom is 0.161 e. The number of fused-ring (bicyclic) bond motifs is 1. The molecule has 1 aromatic heterocycles. The molecule has 0 atom stereocenters. The van der Waals surface area contributed by atoms with Crippen LogP contribution in [-0.4, -0.2) is 41.4 Å². The van der Waals surface area contributed by atoms with Crippen LogP contribution in [0.1, 0.15) is 44.9 Å². The van der Waals surface area contributed by atoms with Crippen molar-refractivity contribution in [3.63, 3.8) is 0 Å². The average molecular weight is 343 g/mol. The second kappa shape index (κ2) is 8.39. The van der Waals surface area contributed by atoms with Gasteiger partial charge in [-0.25, -0.2) is 0 Å². The van der Waals surface area contributed by atoms with Gasteiger partial charge in [-0.1, -0.05) is 20.3 Å². The third-order valence-corrected chi connectivity index (χ3v) is 4.73. The summed E-state index contributed by atoms with van der Waals surface area (Å²) in [6.45, 7) is 10.8. The molecule has 2 heterocycles. The Bertz CT molecular complexity index is 696. The second-order valence-electron chi connectivity index (χ2n) is 6.44. The molecule has 3 rings (SSSR count). The van der Waals surface area contributed by atoms with Crippen LogP contribution in [0.15, 0.2) is 18.2 Å². The highest BCUT2D eigenvalue weighted by Crippen LogP contribution is 2.35. The molecule has 2 aromatic rings. The van der Waals surface area contributed by atoms with E-state index in [0.29, 0.717) is 6.61 Å². The molecule has 0 radical (unpaired) electrons. The molecule has 1 aromatic carbocycles. The molecule has 5 nitrogen and oxygen atoms in total. The van der Waals surface area contributed by atoms with Crippen molar-refractivity contribution in [3.8, 4) is 22.8 Å². The van der Waals surface area contributed by atoms with Gasteiger partial charge in [-0.05, 0) is 38.1 Å². The number of nitrogens with zero attached hydrogens (tertiary/aromatic N) is 2. The molecule has 0 fully saturated rings. The number of H-pyrrole nitrogens is 1. The molecule has 0 aliphatic carbocycles. The van der Waals surface area contributed by atoms with Crippen LogP contribution in [0.4, 0.5) is 0 Å². The maximum absolute atomic E-state index is 5.89. The zero-order chi connectivity index (χ0) is 17.6. The van der Waals surface area contributed by atoms with Crippen molar-refractivity contribution in [3.05, 3.63) is 29.5 Å². The number of benzene rings is 1. The van der Waals surface area contributed by atoms with E-state index in [1.54, 1.807) is 0 Å². The minimum Gasteiger partial charge on any atom is -0.490 e. The molecule has 0 saturated heterocycles. The van der Waals surface area contributed by atoms with Crippen LogP contribution in [0, 0.1) is 0 Å². The van der Waals surface area contributed by atoms with Crippen molar-refractivity contribution in [2.24, 2.45) is 0 Å². The van der Waals surface area contributed by atoms with Crippen LogP contribution in [0.5, 0.6) is 11.5 Å². The summed E-state index contributed by atoms with van der Waals surface area (Å²) in [6.07, 6.45) is 3.20. The summed E-state index contributed by atoms with van der Waals surface area (Å²) < 4.78 is 11.7. The Kier molecular flexibility index (Phi) is 5.97. The van der Waals surface area contributed by atoms with Gasteiger partial charge < -0.3 is 9.47 Å². The van der Waals surface area contributed by atoms with Crippen molar-refractivity contribution in [2.75, 3.05) is 26.3 Å². The van der Waals surface area contributed by atoms with E-state index < -0.39 is 0 Å². The van der Waals surface area contributed by atoms with Gasteiger partial charge in [0.15, 0.2) is 11.5 Å². The molecule has 0 unspecified atom stereocenters. The van der Waals surface area contributed by atoms with E-state index in [-0.39, 0.29) is 0 Å². The van der Waals surface area contributed by atoms with Crippen LogP contribution < -0.4 is 9.47 Å². The number of unbranched alkanes of at least 4 members (excludes halogenated alkanes) is 1. The summed E-state index contributed by atoms with van der Waals surface area (Å²) >= 11 is 0. The smallest absolute Gasteiger partial charge is 0.161 e. The monoisotopic (exact) mass is 343 g/mol. The molecule has 0 bridgehead atoms. The summed E-state index contributed by atoms with van der Waals surface area (Å²) in [4.78, 5) is 2.45. The quantitative estimate of drug-likeness (QED) is 0.735. The molecule has 5 heteroatoms. The lowest BCUT2D eigenvalue weighted by molar-refractivity contribution is 0.267. The molecule has 1 N–H and O–H groups in total. The van der Waals surface area contributed by atoms with Gasteiger partial charge in [-0.2, -0.15) is 5.10 Å². The minimum atomic E-state index is 0.621. The number of hydrogen-bond donors (Lipinski definition) is 1. The van der Waals surface area contributed by atoms with E-state index in [1.807, 2.05) is 13.0 Å². The Morgan fingerprint density at radius 3 is 2.80 bits per heavy atom. The Hall–Kier alpha value is -2.01. The van der Waals surface area contributed by atoms with Crippen LogP contribution in [0.2, 0.25) is 0 Å². The number of likely N-dealkylation sites (N-methyl/N-ethyl adjacent to an activating group) is 1. The fraction of sp³-hybridized carbons (Fsp3) is 0.550. The van der Waals surface area contributed by atoms with Crippen molar-refractivity contribution in [1.82, 2.24) is 15.1 Å². The summed E-state index contributed by atoms with van der Waals surface area (Å²) in [5.41, 5.74) is 4.70. The van der Waals surface area contributed by atoms with Gasteiger partial charge in [-0.3, -0.25) is 10.00 Å². The van der Waals surface area contributed by atoms with E-state index in [1.165, 1.54) is 11.3 Å². The second-order valence-corrected chi connectivity index (χ2v) is 6.44. The number of aromatic nitrogens is 2. The number of rotatable bonds is 8. The van der Waals surface area contributed by atoms with Crippen LogP contribution in [-0.2, 0) is 13.0 Å². The first-order valence-corrected chi connectivity index (χ1v) is 9.45. The molecule has 1 aliphatic heterocycles. The highest BCUT2D eigenvalue weighted by Gasteiger charge is 2.22. The SMILES string of the molecule is CCCCOc1ccc(-c2n[nH]c3c2CN(CC)CC3)cc1OCC. The lowest BCUT2D eigenvalue weighted by Crippen LogP contribution is -2.30. The maximum atomic E-state index is 5.89. The number of ether oxygens (including phenoxy) is 2. The molecule has 0 saturated carbocycles. The highest BCUT2D eigenvalue weighted by atomic mass is 16.5. The average Bonchev–Trinajstić information content (AvgIpc) is 3.06. The van der Waals surface area contributed by atoms with E-state index >= 15 is 0 Å². The summed E-state index contributed by atoms with van der Waals surface area (Å²) in [5, 5.41) is 7.82. The summed E-state index contributed by atoms with van der Waals surface area (Å²) in [5.74, 6) is 1.62. The van der Waals surface area contributed by atoms with Crippen molar-refractivity contribution >= 4 is 0 Å². The normalized spacial score (nSPS) is 14.4. The van der Waals surface area contributed by atoms with E-state index in [9.17, 15) is 0 Å². The Balaban J connectivity index is 1.88. The first-order chi connectivity index (χ1) is 12.3. The largest absolute Gasteiger partial charge is 0.490 e. The highest BCUT2D eigenvalue weighted by molar-refractivity contribution is 5.68. The Labute approximate surface area is 150 Å². The summed E-state index contributed by atoms with van der Waals surface area (Å²) in [7, 11) is 0. The van der Waals surface area contributed by atoms with Gasteiger partial charge in [0.1, 0.15) is 0 Å². The van der Waals surface area contributed by atoms with Gasteiger partial charge in [0.25, 0.3) is 0 Å². The Morgan fingerprint density at radius 1 is 1.16 bits per heavy atom. The molecular weight excluding hydrogens is 314 g/mol. The minimum absolute atomic E-state index is 0.621. The van der Waals surface area contributed by atoms with E-state index in [4.69, 9.17) is 9.47 Å². The third kappa shape index (κ3) is 3.98. The van der Waals surface area contributed by atoms with Gasteiger partial charge >= 0.3 is 0 Å².